The second-order valence-corrected chi connectivity index (χ2v) is 7.44. The molecule has 1 fully saturated rings. The summed E-state index contributed by atoms with van der Waals surface area (Å²) in [7, 11) is 0. The molecule has 1 aliphatic rings. The van der Waals surface area contributed by atoms with Gasteiger partial charge in [-0.2, -0.15) is 0 Å². The Hall–Kier alpha value is -3.40. The van der Waals surface area contributed by atoms with Gasteiger partial charge in [0.25, 0.3) is 0 Å². The number of hydrogen-bond donors (Lipinski definition) is 0. The van der Waals surface area contributed by atoms with Gasteiger partial charge in [-0.25, -0.2) is 0 Å². The molecular weight excluding hydrogens is 360 g/mol. The third-order valence-electron chi connectivity index (χ3n) is 5.40. The van der Waals surface area contributed by atoms with E-state index in [1.165, 1.54) is 0 Å². The van der Waals surface area contributed by atoms with Gasteiger partial charge < -0.3 is 9.80 Å². The van der Waals surface area contributed by atoms with Gasteiger partial charge in [-0.05, 0) is 36.2 Å². The first-order valence-corrected chi connectivity index (χ1v) is 9.90. The maximum atomic E-state index is 13.5. The first-order valence-electron chi connectivity index (χ1n) is 9.90. The van der Waals surface area contributed by atoms with Crippen molar-refractivity contribution in [3.05, 3.63) is 96.1 Å². The monoisotopic (exact) mass is 384 g/mol. The van der Waals surface area contributed by atoms with E-state index in [9.17, 15) is 9.59 Å². The summed E-state index contributed by atoms with van der Waals surface area (Å²) >= 11 is 0. The summed E-state index contributed by atoms with van der Waals surface area (Å²) < 4.78 is 0. The lowest BCUT2D eigenvalue weighted by Crippen LogP contribution is -2.37. The summed E-state index contributed by atoms with van der Waals surface area (Å²) in [6.45, 7) is 2.89. The van der Waals surface area contributed by atoms with E-state index in [1.807, 2.05) is 91.9 Å². The molecule has 1 saturated heterocycles. The van der Waals surface area contributed by atoms with Gasteiger partial charge in [0.1, 0.15) is 0 Å². The first-order chi connectivity index (χ1) is 14.1. The summed E-state index contributed by atoms with van der Waals surface area (Å²) in [5.74, 6) is -0.360. The van der Waals surface area contributed by atoms with Crippen molar-refractivity contribution in [1.82, 2.24) is 0 Å². The lowest BCUT2D eigenvalue weighted by atomic mass is 10.1. The van der Waals surface area contributed by atoms with Crippen LogP contribution in [0, 0.1) is 12.8 Å². The molecule has 0 spiro atoms. The minimum Gasteiger partial charge on any atom is -0.311 e. The fourth-order valence-electron chi connectivity index (χ4n) is 3.86. The predicted molar refractivity (Wildman–Crippen MR) is 116 cm³/mol. The van der Waals surface area contributed by atoms with Crippen molar-refractivity contribution in [2.24, 2.45) is 5.92 Å². The minimum absolute atomic E-state index is 0.00497. The van der Waals surface area contributed by atoms with Crippen molar-refractivity contribution in [2.45, 2.75) is 19.9 Å². The lowest BCUT2D eigenvalue weighted by molar-refractivity contribution is -0.124. The summed E-state index contributed by atoms with van der Waals surface area (Å²) in [6, 6.07) is 27.4. The van der Waals surface area contributed by atoms with Gasteiger partial charge in [-0.3, -0.25) is 9.59 Å². The molecule has 0 bridgehead atoms. The third kappa shape index (κ3) is 4.06. The van der Waals surface area contributed by atoms with Crippen molar-refractivity contribution < 1.29 is 9.59 Å². The second kappa shape index (κ2) is 8.31. The van der Waals surface area contributed by atoms with Crippen LogP contribution in [0.3, 0.4) is 0 Å². The molecule has 3 aromatic carbocycles. The predicted octanol–water partition coefficient (Wildman–Crippen LogP) is 4.58. The molecular formula is C25H24N2O2. The first kappa shape index (κ1) is 18.9. The van der Waals surface area contributed by atoms with Crippen molar-refractivity contribution in [2.75, 3.05) is 16.3 Å². The summed E-state index contributed by atoms with van der Waals surface area (Å²) in [5, 5.41) is 0. The number of anilines is 2. The Kier molecular flexibility index (Phi) is 5.43. The molecule has 3 aromatic rings. The highest BCUT2D eigenvalue weighted by atomic mass is 16.2. The van der Waals surface area contributed by atoms with Crippen LogP contribution in [0.2, 0.25) is 0 Å². The largest absolute Gasteiger partial charge is 0.311 e. The number of aryl methyl sites for hydroxylation is 1. The van der Waals surface area contributed by atoms with Gasteiger partial charge in [-0.1, -0.05) is 66.7 Å². The molecule has 146 valence electrons. The van der Waals surface area contributed by atoms with E-state index in [1.54, 1.807) is 9.80 Å². The van der Waals surface area contributed by atoms with Crippen LogP contribution in [0.5, 0.6) is 0 Å². The molecule has 1 unspecified atom stereocenters. The Labute approximate surface area is 171 Å². The smallest absolute Gasteiger partial charge is 0.232 e. The van der Waals surface area contributed by atoms with Crippen molar-refractivity contribution in [1.29, 1.82) is 0 Å². The number of rotatable bonds is 5. The molecule has 0 N–H and O–H groups in total. The van der Waals surface area contributed by atoms with Crippen LogP contribution in [0.15, 0.2) is 84.9 Å². The zero-order valence-electron chi connectivity index (χ0n) is 16.5. The highest BCUT2D eigenvalue weighted by Crippen LogP contribution is 2.30. The summed E-state index contributed by atoms with van der Waals surface area (Å²) in [6.07, 6.45) is 0.241. The van der Waals surface area contributed by atoms with Crippen LogP contribution in [-0.2, 0) is 16.1 Å². The summed E-state index contributed by atoms with van der Waals surface area (Å²) in [4.78, 5) is 29.8. The number of amides is 2. The highest BCUT2D eigenvalue weighted by molar-refractivity contribution is 6.04. The fourth-order valence-corrected chi connectivity index (χ4v) is 3.86. The Bertz CT molecular complexity index is 1000. The van der Waals surface area contributed by atoms with E-state index in [2.05, 4.69) is 0 Å². The Morgan fingerprint density at radius 3 is 2.24 bits per heavy atom. The van der Waals surface area contributed by atoms with Crippen LogP contribution in [0.1, 0.15) is 17.5 Å². The van der Waals surface area contributed by atoms with Crippen LogP contribution in [0.4, 0.5) is 11.4 Å². The van der Waals surface area contributed by atoms with Crippen LogP contribution in [-0.4, -0.2) is 18.4 Å². The fraction of sp³-hybridized carbons (Fsp3) is 0.200. The number of carbonyl (C=O) groups excluding carboxylic acids is 2. The van der Waals surface area contributed by atoms with Gasteiger partial charge in [-0.15, -0.1) is 0 Å². The molecule has 0 aliphatic carbocycles. The normalized spacial score (nSPS) is 16.1. The van der Waals surface area contributed by atoms with Gasteiger partial charge >= 0.3 is 0 Å². The molecule has 1 heterocycles. The molecule has 29 heavy (non-hydrogen) atoms. The van der Waals surface area contributed by atoms with Crippen molar-refractivity contribution in [3.8, 4) is 0 Å². The number of carbonyl (C=O) groups is 2. The molecule has 1 atom stereocenters. The molecule has 0 aromatic heterocycles. The standard InChI is InChI=1S/C25H24N2O2/c1-19-10-8-9-15-23(19)27-18-21(16-24(27)28)25(29)26(22-13-6-3-7-14-22)17-20-11-4-2-5-12-20/h2-15,21H,16-18H2,1H3. The van der Waals surface area contributed by atoms with E-state index < -0.39 is 0 Å². The van der Waals surface area contributed by atoms with Gasteiger partial charge in [0, 0.05) is 24.3 Å². The molecule has 4 rings (SSSR count). The van der Waals surface area contributed by atoms with E-state index in [4.69, 9.17) is 0 Å². The quantitative estimate of drug-likeness (QED) is 0.646. The van der Waals surface area contributed by atoms with E-state index >= 15 is 0 Å². The van der Waals surface area contributed by atoms with Crippen molar-refractivity contribution in [3.63, 3.8) is 0 Å². The molecule has 1 aliphatic heterocycles. The zero-order chi connectivity index (χ0) is 20.2. The maximum Gasteiger partial charge on any atom is 0.232 e. The maximum absolute atomic E-state index is 13.5. The van der Waals surface area contributed by atoms with Crippen LogP contribution < -0.4 is 9.80 Å². The Morgan fingerprint density at radius 1 is 0.931 bits per heavy atom. The zero-order valence-corrected chi connectivity index (χ0v) is 16.5. The van der Waals surface area contributed by atoms with Crippen molar-refractivity contribution >= 4 is 23.2 Å². The van der Waals surface area contributed by atoms with Gasteiger partial charge in [0.05, 0.1) is 12.5 Å². The topological polar surface area (TPSA) is 40.6 Å². The van der Waals surface area contributed by atoms with E-state index in [-0.39, 0.29) is 24.2 Å². The lowest BCUT2D eigenvalue weighted by Gasteiger charge is -2.26. The molecule has 4 heteroatoms. The van der Waals surface area contributed by atoms with Gasteiger partial charge in [0.15, 0.2) is 0 Å². The van der Waals surface area contributed by atoms with Gasteiger partial charge in [0.2, 0.25) is 11.8 Å². The van der Waals surface area contributed by atoms with E-state index in [0.29, 0.717) is 13.1 Å². The van der Waals surface area contributed by atoms with Crippen LogP contribution in [0.25, 0.3) is 0 Å². The average Bonchev–Trinajstić information content (AvgIpc) is 3.15. The Morgan fingerprint density at radius 2 is 1.55 bits per heavy atom. The second-order valence-electron chi connectivity index (χ2n) is 7.44. The number of nitrogens with zero attached hydrogens (tertiary/aromatic N) is 2. The number of hydrogen-bond acceptors (Lipinski definition) is 2. The third-order valence-corrected chi connectivity index (χ3v) is 5.40. The number of benzene rings is 3. The highest BCUT2D eigenvalue weighted by Gasteiger charge is 2.38. The molecule has 0 saturated carbocycles. The summed E-state index contributed by atoms with van der Waals surface area (Å²) in [5.41, 5.74) is 3.84. The molecule has 4 nitrogen and oxygen atoms in total. The molecule has 0 radical (unpaired) electrons. The Balaban J connectivity index is 1.59. The number of para-hydroxylation sites is 2. The molecule has 2 amide bonds. The van der Waals surface area contributed by atoms with Crippen LogP contribution >= 0.6 is 0 Å². The SMILES string of the molecule is Cc1ccccc1N1CC(C(=O)N(Cc2ccccc2)c2ccccc2)CC1=O. The van der Waals surface area contributed by atoms with E-state index in [0.717, 1.165) is 22.5 Å². The minimum atomic E-state index is -0.356. The average molecular weight is 384 g/mol.